The molecule has 2 atom stereocenters. The van der Waals surface area contributed by atoms with Gasteiger partial charge in [0.1, 0.15) is 12.4 Å². The smallest absolute Gasteiger partial charge is 0.250 e. The average Bonchev–Trinajstić information content (AvgIpc) is 3.40. The Labute approximate surface area is 226 Å². The van der Waals surface area contributed by atoms with E-state index in [1.165, 1.54) is 7.11 Å². The van der Waals surface area contributed by atoms with Crippen molar-refractivity contribution in [3.05, 3.63) is 102 Å². The van der Waals surface area contributed by atoms with E-state index in [1.807, 2.05) is 67.6 Å². The molecule has 9 heteroatoms. The fraction of sp³-hybridized carbons (Fsp3) is 0.207. The highest BCUT2D eigenvalue weighted by Crippen LogP contribution is 2.44. The van der Waals surface area contributed by atoms with Gasteiger partial charge in [-0.3, -0.25) is 9.78 Å². The number of pyridine rings is 1. The Kier molecular flexibility index (Phi) is 7.13. The van der Waals surface area contributed by atoms with Crippen LogP contribution in [0.2, 0.25) is 0 Å². The van der Waals surface area contributed by atoms with Crippen LogP contribution in [0.5, 0.6) is 5.75 Å². The SMILES string of the molecule is COCC(=O)Nc1ccc(N2C(=S)N[C@H](c3ccccn3)[C@H]2c2cc(C)n(-c3ccccc3O)c2C)cc1. The molecule has 1 amide bonds. The molecule has 2 aromatic heterocycles. The zero-order chi connectivity index (χ0) is 26.8. The van der Waals surface area contributed by atoms with Crippen LogP contribution in [-0.2, 0) is 9.53 Å². The van der Waals surface area contributed by atoms with E-state index >= 15 is 0 Å². The molecule has 38 heavy (non-hydrogen) atoms. The number of anilines is 2. The number of methoxy groups -OCH3 is 1. The number of amides is 1. The van der Waals surface area contributed by atoms with E-state index in [4.69, 9.17) is 17.0 Å². The number of para-hydroxylation sites is 2. The molecule has 1 saturated heterocycles. The van der Waals surface area contributed by atoms with Gasteiger partial charge in [-0.05, 0) is 86.2 Å². The van der Waals surface area contributed by atoms with Gasteiger partial charge in [0.2, 0.25) is 5.91 Å². The normalized spacial score (nSPS) is 16.9. The lowest BCUT2D eigenvalue weighted by Crippen LogP contribution is -2.29. The van der Waals surface area contributed by atoms with Gasteiger partial charge in [-0.25, -0.2) is 0 Å². The number of phenolic OH excluding ortho intramolecular Hbond substituents is 1. The number of carbonyl (C=O) groups excluding carboxylic acids is 1. The minimum atomic E-state index is -0.219. The molecule has 0 spiro atoms. The van der Waals surface area contributed by atoms with Crippen LogP contribution in [0, 0.1) is 13.8 Å². The Bertz CT molecular complexity index is 1470. The summed E-state index contributed by atoms with van der Waals surface area (Å²) in [4.78, 5) is 18.7. The third-order valence-electron chi connectivity index (χ3n) is 6.71. The summed E-state index contributed by atoms with van der Waals surface area (Å²) >= 11 is 5.87. The number of carbonyl (C=O) groups is 1. The van der Waals surface area contributed by atoms with Crippen LogP contribution < -0.4 is 15.5 Å². The lowest BCUT2D eigenvalue weighted by Gasteiger charge is -2.28. The number of aromatic hydroxyl groups is 1. The molecule has 0 aliphatic carbocycles. The highest BCUT2D eigenvalue weighted by atomic mass is 32.1. The van der Waals surface area contributed by atoms with Gasteiger partial charge in [0.25, 0.3) is 0 Å². The van der Waals surface area contributed by atoms with Crippen LogP contribution in [-0.4, -0.2) is 39.4 Å². The summed E-state index contributed by atoms with van der Waals surface area (Å²) in [6.45, 7) is 4.07. The van der Waals surface area contributed by atoms with Gasteiger partial charge >= 0.3 is 0 Å². The van der Waals surface area contributed by atoms with E-state index in [-0.39, 0.29) is 30.3 Å². The molecule has 0 saturated carbocycles. The molecule has 0 bridgehead atoms. The van der Waals surface area contributed by atoms with E-state index in [9.17, 15) is 9.90 Å². The zero-order valence-corrected chi connectivity index (χ0v) is 22.2. The second-order valence-electron chi connectivity index (χ2n) is 9.18. The quantitative estimate of drug-likeness (QED) is 0.293. The fourth-order valence-electron chi connectivity index (χ4n) is 5.09. The van der Waals surface area contributed by atoms with Crippen molar-refractivity contribution < 1.29 is 14.6 Å². The number of hydrogen-bond donors (Lipinski definition) is 3. The first-order valence-corrected chi connectivity index (χ1v) is 12.7. The van der Waals surface area contributed by atoms with Crippen molar-refractivity contribution in [2.24, 2.45) is 0 Å². The highest BCUT2D eigenvalue weighted by Gasteiger charge is 2.42. The second kappa shape index (κ2) is 10.6. The highest BCUT2D eigenvalue weighted by molar-refractivity contribution is 7.80. The molecule has 2 aromatic carbocycles. The van der Waals surface area contributed by atoms with Gasteiger partial charge in [-0.1, -0.05) is 18.2 Å². The van der Waals surface area contributed by atoms with Crippen molar-refractivity contribution in [2.45, 2.75) is 25.9 Å². The van der Waals surface area contributed by atoms with Crippen molar-refractivity contribution in [2.75, 3.05) is 23.9 Å². The zero-order valence-electron chi connectivity index (χ0n) is 21.4. The van der Waals surface area contributed by atoms with Gasteiger partial charge in [0, 0.05) is 36.1 Å². The van der Waals surface area contributed by atoms with Crippen molar-refractivity contribution >= 4 is 34.6 Å². The molecule has 194 valence electrons. The average molecular weight is 528 g/mol. The summed E-state index contributed by atoms with van der Waals surface area (Å²) in [5.74, 6) is -0.00605. The van der Waals surface area contributed by atoms with Crippen molar-refractivity contribution in [3.8, 4) is 11.4 Å². The largest absolute Gasteiger partial charge is 0.506 e. The molecule has 1 fully saturated rings. The predicted octanol–water partition coefficient (Wildman–Crippen LogP) is 4.96. The predicted molar refractivity (Wildman–Crippen MR) is 152 cm³/mol. The van der Waals surface area contributed by atoms with E-state index < -0.39 is 0 Å². The number of ether oxygens (including phenoxy) is 1. The summed E-state index contributed by atoms with van der Waals surface area (Å²) in [5.41, 5.74) is 6.19. The topological polar surface area (TPSA) is 91.7 Å². The number of hydrogen-bond acceptors (Lipinski definition) is 5. The molecule has 0 unspecified atom stereocenters. The summed E-state index contributed by atoms with van der Waals surface area (Å²) in [7, 11) is 1.48. The van der Waals surface area contributed by atoms with Crippen LogP contribution in [0.15, 0.2) is 79.0 Å². The molecule has 1 aliphatic heterocycles. The molecule has 1 aliphatic rings. The van der Waals surface area contributed by atoms with E-state index in [2.05, 4.69) is 38.1 Å². The maximum atomic E-state index is 12.0. The Morgan fingerprint density at radius 2 is 1.84 bits per heavy atom. The Morgan fingerprint density at radius 3 is 2.53 bits per heavy atom. The summed E-state index contributed by atoms with van der Waals surface area (Å²) in [6.07, 6.45) is 1.78. The minimum Gasteiger partial charge on any atom is -0.506 e. The molecule has 4 aromatic rings. The lowest BCUT2D eigenvalue weighted by molar-refractivity contribution is -0.119. The number of thiocarbonyl (C=S) groups is 1. The molecule has 3 N–H and O–H groups in total. The minimum absolute atomic E-state index is 0.0116. The van der Waals surface area contributed by atoms with Gasteiger partial charge in [0.05, 0.1) is 23.5 Å². The summed E-state index contributed by atoms with van der Waals surface area (Å²) in [6, 6.07) is 22.5. The monoisotopic (exact) mass is 527 g/mol. The Hall–Kier alpha value is -4.21. The van der Waals surface area contributed by atoms with E-state index in [0.29, 0.717) is 10.8 Å². The van der Waals surface area contributed by atoms with Crippen molar-refractivity contribution in [1.29, 1.82) is 0 Å². The van der Waals surface area contributed by atoms with Gasteiger partial charge in [-0.2, -0.15) is 0 Å². The number of aryl methyl sites for hydroxylation is 1. The van der Waals surface area contributed by atoms with Crippen molar-refractivity contribution in [1.82, 2.24) is 14.9 Å². The van der Waals surface area contributed by atoms with E-state index in [1.54, 1.807) is 12.3 Å². The molecule has 8 nitrogen and oxygen atoms in total. The van der Waals surface area contributed by atoms with Gasteiger partial charge < -0.3 is 29.9 Å². The molecular weight excluding hydrogens is 498 g/mol. The number of nitrogens with one attached hydrogen (secondary N) is 2. The van der Waals surface area contributed by atoms with Gasteiger partial charge in [-0.15, -0.1) is 0 Å². The Balaban J connectivity index is 1.59. The molecular formula is C29H29N5O3S. The number of benzene rings is 2. The lowest BCUT2D eigenvalue weighted by atomic mass is 9.96. The maximum Gasteiger partial charge on any atom is 0.250 e. The third-order valence-corrected chi connectivity index (χ3v) is 7.03. The number of aromatic nitrogens is 2. The first kappa shape index (κ1) is 25.4. The first-order valence-electron chi connectivity index (χ1n) is 12.3. The fourth-order valence-corrected chi connectivity index (χ4v) is 5.44. The molecule has 5 rings (SSSR count). The molecule has 0 radical (unpaired) electrons. The standard InChI is InChI=1S/C29H29N5O3S/c1-18-16-22(19(2)33(18)24-9-4-5-10-25(24)35)28-27(23-8-6-7-15-30-23)32-29(38)34(28)21-13-11-20(12-14-21)31-26(36)17-37-3/h4-16,27-28,35H,17H2,1-3H3,(H,31,36)(H,32,38)/t27-,28-/m1/s1. The summed E-state index contributed by atoms with van der Waals surface area (Å²) < 4.78 is 6.97. The summed E-state index contributed by atoms with van der Waals surface area (Å²) in [5, 5.41) is 17.5. The first-order chi connectivity index (χ1) is 18.4. The number of nitrogens with zero attached hydrogens (tertiary/aromatic N) is 3. The van der Waals surface area contributed by atoms with Crippen LogP contribution >= 0.6 is 12.2 Å². The second-order valence-corrected chi connectivity index (χ2v) is 9.56. The van der Waals surface area contributed by atoms with Gasteiger partial charge in [0.15, 0.2) is 5.11 Å². The van der Waals surface area contributed by atoms with Crippen LogP contribution in [0.4, 0.5) is 11.4 Å². The van der Waals surface area contributed by atoms with Crippen molar-refractivity contribution in [3.63, 3.8) is 0 Å². The number of phenols is 1. The molecule has 3 heterocycles. The number of rotatable bonds is 7. The van der Waals surface area contributed by atoms with E-state index in [0.717, 1.165) is 34.0 Å². The third kappa shape index (κ3) is 4.73. The maximum absolute atomic E-state index is 12.0. The van der Waals surface area contributed by atoms with Crippen LogP contribution in [0.1, 0.15) is 34.7 Å². The van der Waals surface area contributed by atoms with Crippen LogP contribution in [0.25, 0.3) is 5.69 Å². The Morgan fingerprint density at radius 1 is 1.11 bits per heavy atom. The van der Waals surface area contributed by atoms with Crippen LogP contribution in [0.3, 0.4) is 0 Å².